The first-order valence-corrected chi connectivity index (χ1v) is 8.61. The van der Waals surface area contributed by atoms with E-state index in [0.717, 1.165) is 0 Å². The number of nitriles is 1. The molecule has 0 fully saturated rings. The zero-order chi connectivity index (χ0) is 20.5. The molecule has 0 atom stereocenters. The highest BCUT2D eigenvalue weighted by molar-refractivity contribution is 6.01. The van der Waals surface area contributed by atoms with Crippen LogP contribution >= 0.6 is 0 Å². The molecule has 0 spiro atoms. The second-order valence-electron chi connectivity index (χ2n) is 5.77. The summed E-state index contributed by atoms with van der Waals surface area (Å²) in [6.45, 7) is 0.182. The van der Waals surface area contributed by atoms with Crippen LogP contribution in [-0.2, 0) is 11.3 Å². The normalized spacial score (nSPS) is 10.7. The van der Waals surface area contributed by atoms with E-state index in [1.807, 2.05) is 6.07 Å². The Balaban J connectivity index is 1.58. The van der Waals surface area contributed by atoms with E-state index in [0.29, 0.717) is 17.1 Å². The molecule has 1 heterocycles. The van der Waals surface area contributed by atoms with Gasteiger partial charge in [-0.05, 0) is 48.0 Å². The number of carbonyl (C=O) groups is 2. The first-order chi connectivity index (χ1) is 14.1. The van der Waals surface area contributed by atoms with Crippen molar-refractivity contribution >= 4 is 18.1 Å². The van der Waals surface area contributed by atoms with E-state index in [1.165, 1.54) is 24.5 Å². The number of furan rings is 1. The fourth-order valence-corrected chi connectivity index (χ4v) is 2.32. The molecule has 0 aliphatic rings. The maximum Gasteiger partial charge on any atom is 0.519 e. The molecule has 0 saturated carbocycles. The maximum atomic E-state index is 12.1. The molecule has 2 aromatic carbocycles. The highest BCUT2D eigenvalue weighted by Gasteiger charge is 2.10. The first-order valence-electron chi connectivity index (χ1n) is 8.61. The van der Waals surface area contributed by atoms with Crippen molar-refractivity contribution in [3.05, 3.63) is 89.9 Å². The van der Waals surface area contributed by atoms with Gasteiger partial charge in [-0.1, -0.05) is 30.3 Å². The van der Waals surface area contributed by atoms with Gasteiger partial charge in [0.2, 0.25) is 0 Å². The van der Waals surface area contributed by atoms with Gasteiger partial charge >= 0.3 is 6.16 Å². The minimum Gasteiger partial charge on any atom is -0.467 e. The maximum absolute atomic E-state index is 12.1. The van der Waals surface area contributed by atoms with E-state index in [2.05, 4.69) is 5.32 Å². The van der Waals surface area contributed by atoms with E-state index >= 15 is 0 Å². The molecule has 0 bridgehead atoms. The number of benzene rings is 2. The molecule has 0 radical (unpaired) electrons. The topological polar surface area (TPSA) is 102 Å². The third-order valence-corrected chi connectivity index (χ3v) is 3.71. The third-order valence-electron chi connectivity index (χ3n) is 3.71. The Bertz CT molecular complexity index is 1030. The summed E-state index contributed by atoms with van der Waals surface area (Å²) in [5.41, 5.74) is 0.534. The molecule has 7 nitrogen and oxygen atoms in total. The molecule has 0 aliphatic heterocycles. The molecule has 0 aliphatic carbocycles. The number of rotatable bonds is 6. The van der Waals surface area contributed by atoms with E-state index in [-0.39, 0.29) is 17.9 Å². The summed E-state index contributed by atoms with van der Waals surface area (Å²) in [7, 11) is 0. The standard InChI is InChI=1S/C22H16N2O5/c23-14-17(21(25)24-15-20-7-4-12-27-20)13-16-8-10-19(11-9-16)29-22(26)28-18-5-2-1-3-6-18/h1-13H,15H2,(H,24,25)/b17-13+. The summed E-state index contributed by atoms with van der Waals surface area (Å²) in [6.07, 6.45) is 2.07. The van der Waals surface area contributed by atoms with Crippen molar-refractivity contribution in [1.29, 1.82) is 5.26 Å². The van der Waals surface area contributed by atoms with Crippen LogP contribution in [0, 0.1) is 11.3 Å². The van der Waals surface area contributed by atoms with Gasteiger partial charge in [0.05, 0.1) is 12.8 Å². The van der Waals surface area contributed by atoms with Crippen LogP contribution in [0.3, 0.4) is 0 Å². The summed E-state index contributed by atoms with van der Waals surface area (Å²) in [5.74, 6) is 0.704. The number of hydrogen-bond donors (Lipinski definition) is 1. The van der Waals surface area contributed by atoms with Crippen LogP contribution in [0.2, 0.25) is 0 Å². The lowest BCUT2D eigenvalue weighted by molar-refractivity contribution is -0.117. The highest BCUT2D eigenvalue weighted by atomic mass is 16.7. The fraction of sp³-hybridized carbons (Fsp3) is 0.0455. The van der Waals surface area contributed by atoms with Crippen molar-refractivity contribution in [2.24, 2.45) is 0 Å². The average Bonchev–Trinajstić information content (AvgIpc) is 3.26. The van der Waals surface area contributed by atoms with Gasteiger partial charge < -0.3 is 19.2 Å². The second kappa shape index (κ2) is 9.58. The predicted molar refractivity (Wildman–Crippen MR) is 104 cm³/mol. The predicted octanol–water partition coefficient (Wildman–Crippen LogP) is 4.08. The van der Waals surface area contributed by atoms with Gasteiger partial charge in [0, 0.05) is 0 Å². The summed E-state index contributed by atoms with van der Waals surface area (Å²) in [6, 6.07) is 20.1. The highest BCUT2D eigenvalue weighted by Crippen LogP contribution is 2.16. The molecule has 3 rings (SSSR count). The largest absolute Gasteiger partial charge is 0.519 e. The van der Waals surface area contributed by atoms with Crippen molar-refractivity contribution in [2.45, 2.75) is 6.54 Å². The number of carbonyl (C=O) groups excluding carboxylic acids is 2. The molecular formula is C22H16N2O5. The number of para-hydroxylation sites is 1. The molecule has 1 aromatic heterocycles. The van der Waals surface area contributed by atoms with Gasteiger partial charge in [-0.2, -0.15) is 5.26 Å². The fourth-order valence-electron chi connectivity index (χ4n) is 2.32. The van der Waals surface area contributed by atoms with E-state index in [4.69, 9.17) is 13.9 Å². The molecule has 0 saturated heterocycles. The van der Waals surface area contributed by atoms with Crippen LogP contribution < -0.4 is 14.8 Å². The van der Waals surface area contributed by atoms with Gasteiger partial charge in [-0.3, -0.25) is 4.79 Å². The van der Waals surface area contributed by atoms with E-state index in [1.54, 1.807) is 54.6 Å². The van der Waals surface area contributed by atoms with Gasteiger partial charge in [0.15, 0.2) is 0 Å². The van der Waals surface area contributed by atoms with Gasteiger partial charge in [0.25, 0.3) is 5.91 Å². The number of nitrogens with one attached hydrogen (secondary N) is 1. The van der Waals surface area contributed by atoms with Crippen LogP contribution in [0.25, 0.3) is 6.08 Å². The SMILES string of the molecule is N#C/C(=C\c1ccc(OC(=O)Oc2ccccc2)cc1)C(=O)NCc1ccco1. The van der Waals surface area contributed by atoms with Crippen LogP contribution in [0.1, 0.15) is 11.3 Å². The Labute approximate surface area is 166 Å². The van der Waals surface area contributed by atoms with Crippen LogP contribution in [0.15, 0.2) is 83.0 Å². The quantitative estimate of drug-likeness (QED) is 0.295. The molecular weight excluding hydrogens is 372 g/mol. The van der Waals surface area contributed by atoms with Crippen LogP contribution in [-0.4, -0.2) is 12.1 Å². The third kappa shape index (κ3) is 5.84. The lowest BCUT2D eigenvalue weighted by atomic mass is 10.1. The average molecular weight is 388 g/mol. The van der Waals surface area contributed by atoms with Crippen LogP contribution in [0.4, 0.5) is 4.79 Å². The van der Waals surface area contributed by atoms with E-state index in [9.17, 15) is 14.9 Å². The zero-order valence-corrected chi connectivity index (χ0v) is 15.2. The summed E-state index contributed by atoms with van der Waals surface area (Å²) < 4.78 is 15.3. The van der Waals surface area contributed by atoms with Crippen LogP contribution in [0.5, 0.6) is 11.5 Å². The smallest absolute Gasteiger partial charge is 0.467 e. The monoisotopic (exact) mass is 388 g/mol. The Morgan fingerprint density at radius 1 is 0.966 bits per heavy atom. The summed E-state index contributed by atoms with van der Waals surface area (Å²) in [5, 5.41) is 11.8. The molecule has 1 N–H and O–H groups in total. The summed E-state index contributed by atoms with van der Waals surface area (Å²) >= 11 is 0. The second-order valence-corrected chi connectivity index (χ2v) is 5.77. The minimum atomic E-state index is -0.866. The zero-order valence-electron chi connectivity index (χ0n) is 15.2. The molecule has 29 heavy (non-hydrogen) atoms. The number of amides is 1. The number of nitrogens with zero attached hydrogens (tertiary/aromatic N) is 1. The van der Waals surface area contributed by atoms with Crippen molar-refractivity contribution in [2.75, 3.05) is 0 Å². The Kier molecular flexibility index (Phi) is 6.42. The Hall–Kier alpha value is -4.31. The van der Waals surface area contributed by atoms with Gasteiger partial charge in [0.1, 0.15) is 28.9 Å². The van der Waals surface area contributed by atoms with Crippen molar-refractivity contribution in [3.8, 4) is 17.6 Å². The lowest BCUT2D eigenvalue weighted by Gasteiger charge is -2.06. The molecule has 1 amide bonds. The first kappa shape index (κ1) is 19.5. The summed E-state index contributed by atoms with van der Waals surface area (Å²) in [4.78, 5) is 23.9. The number of ether oxygens (including phenoxy) is 2. The Morgan fingerprint density at radius 3 is 2.28 bits per heavy atom. The van der Waals surface area contributed by atoms with Gasteiger partial charge in [-0.25, -0.2) is 4.79 Å². The van der Waals surface area contributed by atoms with Crippen molar-refractivity contribution < 1.29 is 23.5 Å². The van der Waals surface area contributed by atoms with E-state index < -0.39 is 12.1 Å². The molecule has 3 aromatic rings. The van der Waals surface area contributed by atoms with Crippen molar-refractivity contribution in [3.63, 3.8) is 0 Å². The lowest BCUT2D eigenvalue weighted by Crippen LogP contribution is -2.23. The molecule has 144 valence electrons. The molecule has 0 unspecified atom stereocenters. The van der Waals surface area contributed by atoms with Gasteiger partial charge in [-0.15, -0.1) is 0 Å². The Morgan fingerprint density at radius 2 is 1.66 bits per heavy atom. The van der Waals surface area contributed by atoms with Crippen molar-refractivity contribution in [1.82, 2.24) is 5.32 Å². The number of hydrogen-bond acceptors (Lipinski definition) is 6. The molecule has 7 heteroatoms. The minimum absolute atomic E-state index is 0.0614.